The summed E-state index contributed by atoms with van der Waals surface area (Å²) in [6.45, 7) is 0.569. The maximum atomic E-state index is 9.02. The molecule has 1 aliphatic heterocycles. The summed E-state index contributed by atoms with van der Waals surface area (Å²) in [5.41, 5.74) is 7.85. The van der Waals surface area contributed by atoms with Crippen molar-refractivity contribution in [2.45, 2.75) is 25.5 Å². The number of hydrogen-bond acceptors (Lipinski definition) is 3. The molecule has 1 aromatic carbocycles. The largest absolute Gasteiger partial charge is 0.487 e. The lowest BCUT2D eigenvalue weighted by Gasteiger charge is -2.26. The lowest BCUT2D eigenvalue weighted by molar-refractivity contribution is 0.0968. The number of nitrogens with two attached hydrogens (primary N) is 1. The zero-order valence-electron chi connectivity index (χ0n) is 8.07. The Morgan fingerprint density at radius 2 is 2.36 bits per heavy atom. The Bertz CT molecular complexity index is 311. The van der Waals surface area contributed by atoms with Gasteiger partial charge in [0, 0.05) is 12.1 Å². The molecule has 0 saturated heterocycles. The average Bonchev–Trinajstić information content (AvgIpc) is 2.27. The van der Waals surface area contributed by atoms with E-state index >= 15 is 0 Å². The molecule has 0 amide bonds. The van der Waals surface area contributed by atoms with Gasteiger partial charge in [-0.3, -0.25) is 0 Å². The summed E-state index contributed by atoms with van der Waals surface area (Å²) in [6.07, 6.45) is 1.79. The normalized spacial score (nSPS) is 20.0. The van der Waals surface area contributed by atoms with E-state index in [-0.39, 0.29) is 12.7 Å². The predicted octanol–water partition coefficient (Wildman–Crippen LogP) is 0.831. The molecule has 0 bridgehead atoms. The minimum Gasteiger partial charge on any atom is -0.487 e. The van der Waals surface area contributed by atoms with Crippen LogP contribution in [0.5, 0.6) is 5.75 Å². The Morgan fingerprint density at radius 3 is 3.07 bits per heavy atom. The number of para-hydroxylation sites is 1. The van der Waals surface area contributed by atoms with Crippen molar-refractivity contribution < 1.29 is 9.84 Å². The first-order chi connectivity index (χ1) is 6.85. The van der Waals surface area contributed by atoms with Crippen LogP contribution in [0.25, 0.3) is 0 Å². The van der Waals surface area contributed by atoms with Crippen LogP contribution in [0.3, 0.4) is 0 Å². The molecule has 0 unspecified atom stereocenters. The quantitative estimate of drug-likeness (QED) is 0.731. The molecule has 0 aromatic heterocycles. The summed E-state index contributed by atoms with van der Waals surface area (Å²) >= 11 is 0. The molecule has 0 spiro atoms. The van der Waals surface area contributed by atoms with Crippen molar-refractivity contribution in [1.29, 1.82) is 0 Å². The van der Waals surface area contributed by atoms with Gasteiger partial charge >= 0.3 is 0 Å². The monoisotopic (exact) mass is 193 g/mol. The SMILES string of the molecule is NCc1cccc2c1O[C@@H](CO)CC2. The van der Waals surface area contributed by atoms with Crippen LogP contribution in [0.4, 0.5) is 0 Å². The number of benzene rings is 1. The van der Waals surface area contributed by atoms with Crippen molar-refractivity contribution in [1.82, 2.24) is 0 Å². The maximum Gasteiger partial charge on any atom is 0.127 e. The second-order valence-corrected chi connectivity index (χ2v) is 3.57. The van der Waals surface area contributed by atoms with Gasteiger partial charge in [0.25, 0.3) is 0 Å². The molecule has 1 aromatic rings. The Balaban J connectivity index is 2.33. The van der Waals surface area contributed by atoms with Crippen molar-refractivity contribution in [3.63, 3.8) is 0 Å². The maximum absolute atomic E-state index is 9.02. The first kappa shape index (κ1) is 9.49. The number of aryl methyl sites for hydroxylation is 1. The first-order valence-electron chi connectivity index (χ1n) is 4.93. The van der Waals surface area contributed by atoms with E-state index in [0.29, 0.717) is 6.54 Å². The molecular weight excluding hydrogens is 178 g/mol. The Labute approximate surface area is 83.5 Å². The van der Waals surface area contributed by atoms with E-state index in [1.165, 1.54) is 5.56 Å². The van der Waals surface area contributed by atoms with E-state index in [0.717, 1.165) is 24.2 Å². The fourth-order valence-corrected chi connectivity index (χ4v) is 1.82. The van der Waals surface area contributed by atoms with Crippen LogP contribution in [0.1, 0.15) is 17.5 Å². The molecule has 0 aliphatic carbocycles. The van der Waals surface area contributed by atoms with Gasteiger partial charge in [-0.2, -0.15) is 0 Å². The molecule has 3 N–H and O–H groups in total. The second-order valence-electron chi connectivity index (χ2n) is 3.57. The molecule has 2 rings (SSSR count). The van der Waals surface area contributed by atoms with Gasteiger partial charge in [-0.05, 0) is 18.4 Å². The van der Waals surface area contributed by atoms with Crippen molar-refractivity contribution in [3.8, 4) is 5.75 Å². The summed E-state index contributed by atoms with van der Waals surface area (Å²) < 4.78 is 5.67. The molecule has 76 valence electrons. The van der Waals surface area contributed by atoms with E-state index < -0.39 is 0 Å². The molecule has 1 heterocycles. The average molecular weight is 193 g/mol. The van der Waals surface area contributed by atoms with Gasteiger partial charge in [0.05, 0.1) is 6.61 Å². The minimum absolute atomic E-state index is 0.0600. The molecule has 0 radical (unpaired) electrons. The van der Waals surface area contributed by atoms with Gasteiger partial charge < -0.3 is 15.6 Å². The summed E-state index contributed by atoms with van der Waals surface area (Å²) in [4.78, 5) is 0. The van der Waals surface area contributed by atoms with E-state index in [2.05, 4.69) is 6.07 Å². The zero-order valence-corrected chi connectivity index (χ0v) is 8.07. The Kier molecular flexibility index (Phi) is 2.70. The summed E-state index contributed by atoms with van der Waals surface area (Å²) in [7, 11) is 0. The van der Waals surface area contributed by atoms with Crippen LogP contribution in [0.2, 0.25) is 0 Å². The number of aliphatic hydroxyl groups excluding tert-OH is 1. The third-order valence-electron chi connectivity index (χ3n) is 2.62. The topological polar surface area (TPSA) is 55.5 Å². The van der Waals surface area contributed by atoms with E-state index in [1.54, 1.807) is 0 Å². The molecule has 14 heavy (non-hydrogen) atoms. The minimum atomic E-state index is -0.0600. The molecule has 1 atom stereocenters. The summed E-state index contributed by atoms with van der Waals surface area (Å²) in [6, 6.07) is 6.03. The summed E-state index contributed by atoms with van der Waals surface area (Å²) in [5, 5.41) is 9.02. The fraction of sp³-hybridized carbons (Fsp3) is 0.455. The Hall–Kier alpha value is -1.06. The molecular formula is C11H15NO2. The van der Waals surface area contributed by atoms with Crippen molar-refractivity contribution in [2.24, 2.45) is 5.73 Å². The second kappa shape index (κ2) is 3.98. The lowest BCUT2D eigenvalue weighted by Crippen LogP contribution is -2.27. The molecule has 3 nitrogen and oxygen atoms in total. The number of rotatable bonds is 2. The predicted molar refractivity (Wildman–Crippen MR) is 54.2 cm³/mol. The van der Waals surface area contributed by atoms with E-state index in [9.17, 15) is 0 Å². The van der Waals surface area contributed by atoms with Crippen molar-refractivity contribution >= 4 is 0 Å². The molecule has 0 fully saturated rings. The third-order valence-corrected chi connectivity index (χ3v) is 2.62. The number of aliphatic hydroxyl groups is 1. The Morgan fingerprint density at radius 1 is 1.50 bits per heavy atom. The third kappa shape index (κ3) is 1.61. The number of ether oxygens (including phenoxy) is 1. The highest BCUT2D eigenvalue weighted by Crippen LogP contribution is 2.30. The standard InChI is InChI=1S/C11H15NO2/c12-6-9-3-1-2-8-4-5-10(7-13)14-11(8)9/h1-3,10,13H,4-7,12H2/t10-/m1/s1. The molecule has 3 heteroatoms. The van der Waals surface area contributed by atoms with E-state index in [4.69, 9.17) is 15.6 Å². The fourth-order valence-electron chi connectivity index (χ4n) is 1.82. The summed E-state index contributed by atoms with van der Waals surface area (Å²) in [5.74, 6) is 0.889. The van der Waals surface area contributed by atoms with Crippen LogP contribution in [0.15, 0.2) is 18.2 Å². The van der Waals surface area contributed by atoms with Gasteiger partial charge in [-0.25, -0.2) is 0 Å². The highest BCUT2D eigenvalue weighted by Gasteiger charge is 2.20. The van der Waals surface area contributed by atoms with Gasteiger partial charge in [0.2, 0.25) is 0 Å². The van der Waals surface area contributed by atoms with Gasteiger partial charge in [0.1, 0.15) is 11.9 Å². The molecule has 0 saturated carbocycles. The smallest absolute Gasteiger partial charge is 0.127 e. The van der Waals surface area contributed by atoms with Gasteiger partial charge in [0.15, 0.2) is 0 Å². The van der Waals surface area contributed by atoms with Gasteiger partial charge in [-0.15, -0.1) is 0 Å². The highest BCUT2D eigenvalue weighted by molar-refractivity contribution is 5.43. The van der Waals surface area contributed by atoms with Crippen molar-refractivity contribution in [3.05, 3.63) is 29.3 Å². The highest BCUT2D eigenvalue weighted by atomic mass is 16.5. The van der Waals surface area contributed by atoms with Crippen LogP contribution in [-0.4, -0.2) is 17.8 Å². The van der Waals surface area contributed by atoms with Crippen LogP contribution < -0.4 is 10.5 Å². The van der Waals surface area contributed by atoms with Crippen molar-refractivity contribution in [2.75, 3.05) is 6.61 Å². The van der Waals surface area contributed by atoms with Crippen LogP contribution in [-0.2, 0) is 13.0 Å². The lowest BCUT2D eigenvalue weighted by atomic mass is 9.99. The molecule has 1 aliphatic rings. The van der Waals surface area contributed by atoms with Crippen LogP contribution >= 0.6 is 0 Å². The van der Waals surface area contributed by atoms with Gasteiger partial charge in [-0.1, -0.05) is 18.2 Å². The number of fused-ring (bicyclic) bond motifs is 1. The van der Waals surface area contributed by atoms with E-state index in [1.807, 2.05) is 12.1 Å². The zero-order chi connectivity index (χ0) is 9.97. The first-order valence-corrected chi connectivity index (χ1v) is 4.93. The van der Waals surface area contributed by atoms with Crippen LogP contribution in [0, 0.1) is 0 Å². The number of hydrogen-bond donors (Lipinski definition) is 2.